The van der Waals surface area contributed by atoms with Crippen LogP contribution >= 0.6 is 34.8 Å². The molecule has 1 N–H and O–H groups in total. The number of halogens is 3. The fraction of sp³-hybridized carbons (Fsp3) is 0.633. The molecule has 0 atom stereocenters. The molecule has 0 saturated carbocycles. The molecule has 0 aliphatic carbocycles. The number of ether oxygens (including phenoxy) is 1. The third-order valence-corrected chi connectivity index (χ3v) is 7.42. The zero-order valence-corrected chi connectivity index (χ0v) is 27.3. The van der Waals surface area contributed by atoms with E-state index in [4.69, 9.17) is 39.5 Å². The molecule has 2 aromatic rings. The smallest absolute Gasteiger partial charge is 0.410 e. The van der Waals surface area contributed by atoms with Crippen molar-refractivity contribution in [3.05, 3.63) is 58.1 Å². The molecule has 1 amide bonds. The van der Waals surface area contributed by atoms with Crippen LogP contribution in [0.25, 0.3) is 0 Å². The number of carbonyl (C=O) groups is 1. The SMILES string of the molecule is CC(C)(C)OC(=O)N1CCN(Cc2ccc(Cl)nc2)C(C)(C)C1.CC1(C)CCCCN1.ClCc1ccc(Cl)nc1. The Balaban J connectivity index is 0.000000267. The number of amides is 1. The van der Waals surface area contributed by atoms with Gasteiger partial charge < -0.3 is 15.0 Å². The predicted octanol–water partition coefficient (Wildman–Crippen LogP) is 7.58. The van der Waals surface area contributed by atoms with Crippen molar-refractivity contribution >= 4 is 40.9 Å². The molecule has 2 aliphatic heterocycles. The summed E-state index contributed by atoms with van der Waals surface area (Å²) in [5.41, 5.74) is 1.94. The zero-order chi connectivity index (χ0) is 30.0. The highest BCUT2D eigenvalue weighted by atomic mass is 35.5. The fourth-order valence-corrected chi connectivity index (χ4v) is 4.76. The van der Waals surface area contributed by atoms with Gasteiger partial charge in [-0.25, -0.2) is 14.8 Å². The summed E-state index contributed by atoms with van der Waals surface area (Å²) >= 11 is 16.8. The molecule has 2 fully saturated rings. The molecular weight excluding hydrogens is 569 g/mol. The summed E-state index contributed by atoms with van der Waals surface area (Å²) in [6.07, 6.45) is 7.34. The molecule has 2 aliphatic rings. The van der Waals surface area contributed by atoms with Crippen LogP contribution in [0.2, 0.25) is 10.3 Å². The largest absolute Gasteiger partial charge is 0.444 e. The quantitative estimate of drug-likeness (QED) is 0.284. The second kappa shape index (κ2) is 15.5. The van der Waals surface area contributed by atoms with Gasteiger partial charge in [-0.3, -0.25) is 4.90 Å². The number of pyridine rings is 2. The van der Waals surface area contributed by atoms with Gasteiger partial charge in [0, 0.05) is 55.5 Å². The van der Waals surface area contributed by atoms with E-state index in [1.165, 1.54) is 25.8 Å². The average Bonchev–Trinajstić information content (AvgIpc) is 2.86. The number of nitrogens with zero attached hydrogens (tertiary/aromatic N) is 4. The van der Waals surface area contributed by atoms with Gasteiger partial charge in [-0.05, 0) is 91.1 Å². The fourth-order valence-electron chi connectivity index (χ4n) is 4.38. The second-order valence-corrected chi connectivity index (χ2v) is 13.6. The lowest BCUT2D eigenvalue weighted by Gasteiger charge is -2.47. The van der Waals surface area contributed by atoms with Crippen LogP contribution in [0.3, 0.4) is 0 Å². The van der Waals surface area contributed by atoms with Gasteiger partial charge in [0.15, 0.2) is 0 Å². The summed E-state index contributed by atoms with van der Waals surface area (Å²) in [7, 11) is 0. The van der Waals surface area contributed by atoms with Gasteiger partial charge in [-0.2, -0.15) is 0 Å². The minimum absolute atomic E-state index is 0.130. The molecule has 10 heteroatoms. The monoisotopic (exact) mass is 613 g/mol. The Kier molecular flexibility index (Phi) is 13.4. The average molecular weight is 615 g/mol. The van der Waals surface area contributed by atoms with Crippen LogP contribution in [0.1, 0.15) is 78.9 Å². The number of nitrogens with one attached hydrogen (secondary N) is 1. The van der Waals surface area contributed by atoms with Gasteiger partial charge in [-0.1, -0.05) is 41.8 Å². The lowest BCUT2D eigenvalue weighted by atomic mass is 9.93. The van der Waals surface area contributed by atoms with Crippen LogP contribution < -0.4 is 5.32 Å². The van der Waals surface area contributed by atoms with Crippen LogP contribution in [-0.2, 0) is 17.2 Å². The summed E-state index contributed by atoms with van der Waals surface area (Å²) < 4.78 is 5.48. The summed E-state index contributed by atoms with van der Waals surface area (Å²) in [4.78, 5) is 24.4. The first-order valence-corrected chi connectivity index (χ1v) is 15.1. The van der Waals surface area contributed by atoms with Gasteiger partial charge in [-0.15, -0.1) is 11.6 Å². The van der Waals surface area contributed by atoms with E-state index in [2.05, 4.69) is 47.9 Å². The third-order valence-electron chi connectivity index (χ3n) is 6.66. The Bertz CT molecular complexity index is 1030. The summed E-state index contributed by atoms with van der Waals surface area (Å²) in [6.45, 7) is 18.6. The van der Waals surface area contributed by atoms with E-state index in [0.29, 0.717) is 34.8 Å². The molecule has 0 radical (unpaired) electrons. The molecule has 4 rings (SSSR count). The second-order valence-electron chi connectivity index (χ2n) is 12.5. The molecule has 0 unspecified atom stereocenters. The van der Waals surface area contributed by atoms with Gasteiger partial charge >= 0.3 is 6.09 Å². The summed E-state index contributed by atoms with van der Waals surface area (Å²) in [6, 6.07) is 7.37. The van der Waals surface area contributed by atoms with E-state index in [-0.39, 0.29) is 11.6 Å². The highest BCUT2D eigenvalue weighted by Gasteiger charge is 2.37. The van der Waals surface area contributed by atoms with Gasteiger partial charge in [0.1, 0.15) is 15.9 Å². The number of carbonyl (C=O) groups excluding carboxylic acids is 1. The van der Waals surface area contributed by atoms with Crippen LogP contribution in [-0.4, -0.2) is 68.7 Å². The van der Waals surface area contributed by atoms with E-state index >= 15 is 0 Å². The Morgan fingerprint density at radius 3 is 1.98 bits per heavy atom. The molecule has 224 valence electrons. The van der Waals surface area contributed by atoms with Crippen molar-refractivity contribution in [3.63, 3.8) is 0 Å². The van der Waals surface area contributed by atoms with Crippen molar-refractivity contribution in [1.29, 1.82) is 0 Å². The molecule has 4 heterocycles. The molecule has 0 spiro atoms. The van der Waals surface area contributed by atoms with Crippen LogP contribution in [0.4, 0.5) is 4.79 Å². The first kappa shape index (κ1) is 34.6. The zero-order valence-electron chi connectivity index (χ0n) is 25.1. The molecule has 7 nitrogen and oxygen atoms in total. The Morgan fingerprint density at radius 1 is 0.975 bits per heavy atom. The molecule has 40 heavy (non-hydrogen) atoms. The number of alkyl halides is 1. The maximum absolute atomic E-state index is 12.3. The van der Waals surface area contributed by atoms with Crippen molar-refractivity contribution in [2.24, 2.45) is 0 Å². The molecule has 2 aromatic heterocycles. The van der Waals surface area contributed by atoms with Crippen molar-refractivity contribution in [2.75, 3.05) is 26.2 Å². The summed E-state index contributed by atoms with van der Waals surface area (Å²) in [5, 5.41) is 4.46. The number of rotatable bonds is 3. The van der Waals surface area contributed by atoms with E-state index in [1.807, 2.05) is 32.9 Å². The van der Waals surface area contributed by atoms with Crippen molar-refractivity contribution in [2.45, 2.75) is 96.8 Å². The highest BCUT2D eigenvalue weighted by molar-refractivity contribution is 6.29. The van der Waals surface area contributed by atoms with Crippen molar-refractivity contribution in [3.8, 4) is 0 Å². The number of piperazine rings is 1. The van der Waals surface area contributed by atoms with Gasteiger partial charge in [0.25, 0.3) is 0 Å². The number of hydrogen-bond acceptors (Lipinski definition) is 6. The van der Waals surface area contributed by atoms with E-state index < -0.39 is 5.60 Å². The Hall–Kier alpha value is -1.64. The van der Waals surface area contributed by atoms with Crippen molar-refractivity contribution < 1.29 is 9.53 Å². The normalized spacial score (nSPS) is 18.5. The molecule has 0 aromatic carbocycles. The predicted molar refractivity (Wildman–Crippen MR) is 166 cm³/mol. The lowest BCUT2D eigenvalue weighted by molar-refractivity contribution is -0.0178. The van der Waals surface area contributed by atoms with E-state index in [1.54, 1.807) is 29.4 Å². The van der Waals surface area contributed by atoms with Crippen LogP contribution in [0.15, 0.2) is 36.7 Å². The first-order chi connectivity index (χ1) is 18.6. The minimum atomic E-state index is -0.465. The molecule has 2 saturated heterocycles. The first-order valence-electron chi connectivity index (χ1n) is 13.8. The minimum Gasteiger partial charge on any atom is -0.444 e. The lowest BCUT2D eigenvalue weighted by Crippen LogP contribution is -2.60. The van der Waals surface area contributed by atoms with Crippen LogP contribution in [0.5, 0.6) is 0 Å². The van der Waals surface area contributed by atoms with Gasteiger partial charge in [0.05, 0.1) is 0 Å². The molecular formula is C30H46Cl3N5O2. The van der Waals surface area contributed by atoms with E-state index in [0.717, 1.165) is 24.2 Å². The Labute approximate surface area is 255 Å². The maximum Gasteiger partial charge on any atom is 0.410 e. The standard InChI is InChI=1S/C17H26ClN3O2.C7H15N.C6H5Cl2N/c1-16(2,3)23-15(22)20-8-9-21(17(4,5)12-20)11-13-6-7-14(18)19-10-13;1-7(2)5-3-4-6-8-7;7-3-5-1-2-6(8)9-4-5/h6-7,10H,8-9,11-12H2,1-5H3;8H,3-6H2,1-2H3;1-2,4H,3H2. The van der Waals surface area contributed by atoms with Crippen molar-refractivity contribution in [1.82, 2.24) is 25.1 Å². The number of hydrogen-bond donors (Lipinski definition) is 1. The Morgan fingerprint density at radius 2 is 1.57 bits per heavy atom. The van der Waals surface area contributed by atoms with Crippen LogP contribution in [0, 0.1) is 0 Å². The number of aromatic nitrogens is 2. The topological polar surface area (TPSA) is 70.6 Å². The highest BCUT2D eigenvalue weighted by Crippen LogP contribution is 2.25. The van der Waals surface area contributed by atoms with E-state index in [9.17, 15) is 4.79 Å². The third kappa shape index (κ3) is 12.9. The summed E-state index contributed by atoms with van der Waals surface area (Å²) in [5.74, 6) is 0.490. The molecule has 0 bridgehead atoms. The number of piperidine rings is 1. The van der Waals surface area contributed by atoms with Gasteiger partial charge in [0.2, 0.25) is 0 Å². The maximum atomic E-state index is 12.3.